The van der Waals surface area contributed by atoms with Crippen molar-refractivity contribution in [1.29, 1.82) is 0 Å². The van der Waals surface area contributed by atoms with Crippen LogP contribution in [0.4, 0.5) is 4.39 Å². The van der Waals surface area contributed by atoms with Crippen molar-refractivity contribution in [2.75, 3.05) is 33.9 Å². The summed E-state index contributed by atoms with van der Waals surface area (Å²) in [5.74, 6) is -1.43. The third-order valence-electron chi connectivity index (χ3n) is 5.69. The Morgan fingerprint density at radius 2 is 1.70 bits per heavy atom. The molecule has 33 heavy (non-hydrogen) atoms. The lowest BCUT2D eigenvalue weighted by Crippen LogP contribution is -2.47. The number of sulfonamides is 1. The SMILES string of the molecule is CO[C@@H](CN(C)C(=O)c1ccccc1F)[C@@H](C)CN([C@@H](C)CO)S(=O)(=O)c1ccc(C)cc1. The number of amides is 1. The highest BCUT2D eigenvalue weighted by Gasteiger charge is 2.33. The highest BCUT2D eigenvalue weighted by atomic mass is 32.2. The zero-order valence-electron chi connectivity index (χ0n) is 19.7. The zero-order valence-corrected chi connectivity index (χ0v) is 20.5. The Balaban J connectivity index is 2.21. The number of aliphatic hydroxyl groups excluding tert-OH is 1. The van der Waals surface area contributed by atoms with E-state index in [2.05, 4.69) is 0 Å². The van der Waals surface area contributed by atoms with Crippen LogP contribution in [0.15, 0.2) is 53.4 Å². The lowest BCUT2D eigenvalue weighted by Gasteiger charge is -2.33. The number of rotatable bonds is 11. The molecule has 0 saturated heterocycles. The first-order chi connectivity index (χ1) is 15.5. The molecule has 0 aliphatic rings. The fourth-order valence-electron chi connectivity index (χ4n) is 3.53. The molecular weight excluding hydrogens is 447 g/mol. The molecule has 0 saturated carbocycles. The van der Waals surface area contributed by atoms with E-state index in [4.69, 9.17) is 4.74 Å². The first-order valence-corrected chi connectivity index (χ1v) is 12.2. The Bertz CT molecular complexity index is 1030. The Kier molecular flexibility index (Phi) is 9.54. The maximum atomic E-state index is 14.0. The number of carbonyl (C=O) groups is 1. The van der Waals surface area contributed by atoms with Gasteiger partial charge in [-0.2, -0.15) is 4.31 Å². The lowest BCUT2D eigenvalue weighted by atomic mass is 10.0. The first kappa shape index (κ1) is 26.9. The first-order valence-electron chi connectivity index (χ1n) is 10.7. The van der Waals surface area contributed by atoms with E-state index in [0.29, 0.717) is 0 Å². The molecule has 3 atom stereocenters. The molecule has 0 bridgehead atoms. The van der Waals surface area contributed by atoms with E-state index in [1.54, 1.807) is 44.3 Å². The highest BCUT2D eigenvalue weighted by molar-refractivity contribution is 7.89. The van der Waals surface area contributed by atoms with Crippen molar-refractivity contribution in [3.05, 3.63) is 65.5 Å². The van der Waals surface area contributed by atoms with E-state index in [1.165, 1.54) is 34.5 Å². The van der Waals surface area contributed by atoms with E-state index < -0.39 is 33.9 Å². The van der Waals surface area contributed by atoms with Crippen LogP contribution in [-0.2, 0) is 14.8 Å². The van der Waals surface area contributed by atoms with Crippen molar-refractivity contribution in [2.45, 2.75) is 37.8 Å². The Hall–Kier alpha value is -2.33. The van der Waals surface area contributed by atoms with Crippen LogP contribution in [0.3, 0.4) is 0 Å². The largest absolute Gasteiger partial charge is 0.395 e. The summed E-state index contributed by atoms with van der Waals surface area (Å²) in [6.45, 7) is 5.18. The zero-order chi connectivity index (χ0) is 24.8. The number of likely N-dealkylation sites (N-methyl/N-ethyl adjacent to an activating group) is 1. The average molecular weight is 481 g/mol. The Labute approximate surface area is 195 Å². The number of aryl methyl sites for hydroxylation is 1. The molecule has 0 spiro atoms. The molecular formula is C24H33FN2O5S. The lowest BCUT2D eigenvalue weighted by molar-refractivity contribution is 0.0220. The van der Waals surface area contributed by atoms with Crippen LogP contribution in [0, 0.1) is 18.7 Å². The van der Waals surface area contributed by atoms with Gasteiger partial charge in [-0.1, -0.05) is 36.8 Å². The van der Waals surface area contributed by atoms with Crippen LogP contribution < -0.4 is 0 Å². The number of benzene rings is 2. The molecule has 0 aliphatic carbocycles. The quantitative estimate of drug-likeness (QED) is 0.534. The van der Waals surface area contributed by atoms with Gasteiger partial charge < -0.3 is 14.7 Å². The second kappa shape index (κ2) is 11.7. The summed E-state index contributed by atoms with van der Waals surface area (Å²) >= 11 is 0. The van der Waals surface area contributed by atoms with Crippen molar-refractivity contribution >= 4 is 15.9 Å². The summed E-state index contributed by atoms with van der Waals surface area (Å²) in [5, 5.41) is 9.71. The number of methoxy groups -OCH3 is 1. The molecule has 0 aliphatic heterocycles. The molecule has 7 nitrogen and oxygen atoms in total. The molecule has 0 unspecified atom stereocenters. The normalized spacial score (nSPS) is 14.7. The van der Waals surface area contributed by atoms with Crippen LogP contribution in [0.2, 0.25) is 0 Å². The topological polar surface area (TPSA) is 87.2 Å². The van der Waals surface area contributed by atoms with Crippen LogP contribution in [0.5, 0.6) is 0 Å². The Morgan fingerprint density at radius 1 is 1.09 bits per heavy atom. The van der Waals surface area contributed by atoms with Crippen LogP contribution in [-0.4, -0.2) is 74.6 Å². The van der Waals surface area contributed by atoms with E-state index in [0.717, 1.165) is 5.56 Å². The number of nitrogens with zero attached hydrogens (tertiary/aromatic N) is 2. The van der Waals surface area contributed by atoms with Crippen LogP contribution in [0.25, 0.3) is 0 Å². The molecule has 2 aromatic carbocycles. The van der Waals surface area contributed by atoms with Crippen LogP contribution >= 0.6 is 0 Å². The van der Waals surface area contributed by atoms with Gasteiger partial charge in [-0.3, -0.25) is 4.79 Å². The number of hydrogen-bond acceptors (Lipinski definition) is 5. The second-order valence-corrected chi connectivity index (χ2v) is 10.2. The third kappa shape index (κ3) is 6.60. The molecule has 0 radical (unpaired) electrons. The molecule has 2 rings (SSSR count). The number of aliphatic hydroxyl groups is 1. The molecule has 1 amide bonds. The molecule has 0 heterocycles. The second-order valence-electron chi connectivity index (χ2n) is 8.34. The summed E-state index contributed by atoms with van der Waals surface area (Å²) in [6, 6.07) is 11.6. The third-order valence-corrected chi connectivity index (χ3v) is 7.69. The fraction of sp³-hybridized carbons (Fsp3) is 0.458. The smallest absolute Gasteiger partial charge is 0.256 e. The number of carbonyl (C=O) groups excluding carboxylic acids is 1. The van der Waals surface area contributed by atoms with Gasteiger partial charge in [-0.25, -0.2) is 12.8 Å². The molecule has 0 fully saturated rings. The van der Waals surface area contributed by atoms with Gasteiger partial charge >= 0.3 is 0 Å². The standard InChI is InChI=1S/C24H33FN2O5S/c1-17-10-12-20(13-11-17)33(30,31)27(19(3)16-28)14-18(2)23(32-5)15-26(4)24(29)21-8-6-7-9-22(21)25/h6-13,18-19,23,28H,14-16H2,1-5H3/t18-,19-,23-/m0/s1. The number of halogens is 1. The molecule has 0 aromatic heterocycles. The number of hydrogen-bond donors (Lipinski definition) is 1. The van der Waals surface area contributed by atoms with Crippen molar-refractivity contribution in [3.8, 4) is 0 Å². The predicted molar refractivity (Wildman–Crippen MR) is 125 cm³/mol. The van der Waals surface area contributed by atoms with E-state index in [-0.39, 0.29) is 36.1 Å². The summed E-state index contributed by atoms with van der Waals surface area (Å²) in [7, 11) is -0.842. The Morgan fingerprint density at radius 3 is 2.24 bits per heavy atom. The van der Waals surface area contributed by atoms with Gasteiger partial charge in [0.05, 0.1) is 23.2 Å². The summed E-state index contributed by atoms with van der Waals surface area (Å²) in [6.07, 6.45) is -0.521. The molecule has 9 heteroatoms. The van der Waals surface area contributed by atoms with E-state index >= 15 is 0 Å². The minimum Gasteiger partial charge on any atom is -0.395 e. The van der Waals surface area contributed by atoms with Gasteiger partial charge in [0.25, 0.3) is 5.91 Å². The van der Waals surface area contributed by atoms with Crippen molar-refractivity contribution < 1.29 is 27.4 Å². The van der Waals surface area contributed by atoms with Gasteiger partial charge in [-0.15, -0.1) is 0 Å². The van der Waals surface area contributed by atoms with Crippen molar-refractivity contribution in [2.24, 2.45) is 5.92 Å². The van der Waals surface area contributed by atoms with Gasteiger partial charge in [-0.05, 0) is 44.0 Å². The maximum absolute atomic E-state index is 14.0. The monoisotopic (exact) mass is 480 g/mol. The summed E-state index contributed by atoms with van der Waals surface area (Å²) in [5.41, 5.74) is 0.895. The van der Waals surface area contributed by atoms with Crippen molar-refractivity contribution in [1.82, 2.24) is 9.21 Å². The summed E-state index contributed by atoms with van der Waals surface area (Å²) < 4.78 is 47.5. The van der Waals surface area contributed by atoms with E-state index in [1.807, 2.05) is 13.8 Å². The molecule has 182 valence electrons. The minimum absolute atomic E-state index is 0.0417. The minimum atomic E-state index is -3.87. The average Bonchev–Trinajstić information content (AvgIpc) is 2.80. The molecule has 2 aromatic rings. The molecule has 1 N–H and O–H groups in total. The number of ether oxygens (including phenoxy) is 1. The van der Waals surface area contributed by atoms with Gasteiger partial charge in [0.1, 0.15) is 5.82 Å². The van der Waals surface area contributed by atoms with Gasteiger partial charge in [0.15, 0.2) is 0 Å². The van der Waals surface area contributed by atoms with Gasteiger partial charge in [0, 0.05) is 33.3 Å². The highest BCUT2D eigenvalue weighted by Crippen LogP contribution is 2.22. The van der Waals surface area contributed by atoms with E-state index in [9.17, 15) is 22.7 Å². The van der Waals surface area contributed by atoms with Gasteiger partial charge in [0.2, 0.25) is 10.0 Å². The van der Waals surface area contributed by atoms with Crippen molar-refractivity contribution in [3.63, 3.8) is 0 Å². The van der Waals surface area contributed by atoms with Crippen LogP contribution in [0.1, 0.15) is 29.8 Å². The maximum Gasteiger partial charge on any atom is 0.256 e. The summed E-state index contributed by atoms with van der Waals surface area (Å²) in [4.78, 5) is 14.2. The predicted octanol–water partition coefficient (Wildman–Crippen LogP) is 2.93. The fourth-order valence-corrected chi connectivity index (χ4v) is 5.26.